The third-order valence-corrected chi connectivity index (χ3v) is 6.01. The maximum Gasteiger partial charge on any atom is 0.336 e. The topological polar surface area (TPSA) is 52.6 Å². The Bertz CT molecular complexity index is 1170. The Morgan fingerprint density at radius 3 is 2.47 bits per heavy atom. The second kappa shape index (κ2) is 8.76. The first kappa shape index (κ1) is 20.2. The van der Waals surface area contributed by atoms with Gasteiger partial charge in [-0.05, 0) is 32.0 Å². The summed E-state index contributed by atoms with van der Waals surface area (Å²) in [5.41, 5.74) is 2.03. The minimum Gasteiger partial charge on any atom is -0.486 e. The van der Waals surface area contributed by atoms with Crippen LogP contribution in [0, 0.1) is 0 Å². The molecule has 0 fully saturated rings. The number of hydrogen-bond donors (Lipinski definition) is 0. The Labute approximate surface area is 176 Å². The lowest BCUT2D eigenvalue weighted by Gasteiger charge is -2.37. The summed E-state index contributed by atoms with van der Waals surface area (Å²) in [5, 5.41) is 1.76. The second-order valence-corrected chi connectivity index (χ2v) is 7.76. The fourth-order valence-corrected chi connectivity index (χ4v) is 4.12. The Balaban J connectivity index is 1.50. The number of benzene rings is 2. The van der Waals surface area contributed by atoms with Gasteiger partial charge in [0.25, 0.3) is 0 Å². The van der Waals surface area contributed by atoms with E-state index in [1.165, 1.54) is 11.6 Å². The second-order valence-electron chi connectivity index (χ2n) is 7.76. The molecule has 0 saturated heterocycles. The molecule has 2 aromatic carbocycles. The number of rotatable bonds is 9. The number of furan rings is 1. The monoisotopic (exact) mass is 406 g/mol. The summed E-state index contributed by atoms with van der Waals surface area (Å²) in [5.74, 6) is 0.513. The van der Waals surface area contributed by atoms with Gasteiger partial charge in [-0.25, -0.2) is 4.79 Å². The highest BCUT2D eigenvalue weighted by molar-refractivity contribution is 5.99. The van der Waals surface area contributed by atoms with Crippen molar-refractivity contribution in [3.05, 3.63) is 76.8 Å². The van der Waals surface area contributed by atoms with Crippen LogP contribution in [-0.2, 0) is 6.54 Å². The van der Waals surface area contributed by atoms with Gasteiger partial charge in [0, 0.05) is 28.8 Å². The Morgan fingerprint density at radius 1 is 0.933 bits per heavy atom. The summed E-state index contributed by atoms with van der Waals surface area (Å²) in [6.45, 7) is 9.19. The van der Waals surface area contributed by atoms with Gasteiger partial charge in [0.15, 0.2) is 11.2 Å². The van der Waals surface area contributed by atoms with E-state index in [4.69, 9.17) is 13.6 Å². The SMILES string of the molecule is CC[N+](CC)(CCCOc1c2occc2cc2ccc(=O)oc12)Cc1ccccc1. The molecule has 2 aromatic heterocycles. The van der Waals surface area contributed by atoms with Crippen molar-refractivity contribution in [2.75, 3.05) is 26.2 Å². The van der Waals surface area contributed by atoms with Crippen LogP contribution in [0.1, 0.15) is 25.8 Å². The fourth-order valence-electron chi connectivity index (χ4n) is 4.12. The summed E-state index contributed by atoms with van der Waals surface area (Å²) in [6.07, 6.45) is 2.52. The first-order valence-electron chi connectivity index (χ1n) is 10.6. The van der Waals surface area contributed by atoms with E-state index in [9.17, 15) is 4.79 Å². The lowest BCUT2D eigenvalue weighted by atomic mass is 10.1. The summed E-state index contributed by atoms with van der Waals surface area (Å²) in [6, 6.07) is 17.7. The molecule has 5 heteroatoms. The first-order valence-corrected chi connectivity index (χ1v) is 10.6. The molecule has 156 valence electrons. The number of hydrogen-bond acceptors (Lipinski definition) is 4. The normalized spacial score (nSPS) is 11.9. The van der Waals surface area contributed by atoms with E-state index in [2.05, 4.69) is 44.2 Å². The number of quaternary nitrogens is 1. The standard InChI is InChI=1S/C25H28NO4/c1-3-26(4-2,18-19-9-6-5-7-10-19)14-8-15-28-25-23-21(13-16-29-23)17-20-11-12-22(27)30-24(20)25/h5-7,9-13,16-17H,3-4,8,14-15,18H2,1-2H3/q+1. The van der Waals surface area contributed by atoms with Gasteiger partial charge in [0.05, 0.1) is 32.5 Å². The number of nitrogens with zero attached hydrogens (tertiary/aromatic N) is 1. The molecular weight excluding hydrogens is 378 g/mol. The summed E-state index contributed by atoms with van der Waals surface area (Å²) in [7, 11) is 0. The molecule has 0 N–H and O–H groups in total. The van der Waals surface area contributed by atoms with Crippen molar-refractivity contribution in [1.29, 1.82) is 0 Å². The van der Waals surface area contributed by atoms with E-state index in [1.807, 2.05) is 12.1 Å². The summed E-state index contributed by atoms with van der Waals surface area (Å²) < 4.78 is 18.2. The zero-order valence-corrected chi connectivity index (χ0v) is 17.6. The molecule has 0 unspecified atom stereocenters. The summed E-state index contributed by atoms with van der Waals surface area (Å²) >= 11 is 0. The van der Waals surface area contributed by atoms with Gasteiger partial charge >= 0.3 is 5.63 Å². The molecule has 5 nitrogen and oxygen atoms in total. The molecule has 0 aliphatic heterocycles. The maximum atomic E-state index is 11.8. The van der Waals surface area contributed by atoms with E-state index in [0.717, 1.165) is 47.9 Å². The molecule has 2 heterocycles. The van der Waals surface area contributed by atoms with Gasteiger partial charge in [0.1, 0.15) is 6.54 Å². The van der Waals surface area contributed by atoms with E-state index in [0.29, 0.717) is 23.5 Å². The first-order chi connectivity index (χ1) is 14.6. The van der Waals surface area contributed by atoms with Crippen molar-refractivity contribution in [2.24, 2.45) is 0 Å². The Kier molecular flexibility index (Phi) is 5.91. The number of fused-ring (bicyclic) bond motifs is 2. The van der Waals surface area contributed by atoms with Crippen LogP contribution in [0.5, 0.6) is 5.75 Å². The van der Waals surface area contributed by atoms with Crippen LogP contribution in [0.15, 0.2) is 74.5 Å². The smallest absolute Gasteiger partial charge is 0.336 e. The third-order valence-electron chi connectivity index (χ3n) is 6.01. The van der Waals surface area contributed by atoms with Crippen LogP contribution in [0.4, 0.5) is 0 Å². The van der Waals surface area contributed by atoms with Gasteiger partial charge in [-0.15, -0.1) is 0 Å². The van der Waals surface area contributed by atoms with Crippen molar-refractivity contribution >= 4 is 21.9 Å². The fraction of sp³-hybridized carbons (Fsp3) is 0.320. The Morgan fingerprint density at radius 2 is 1.70 bits per heavy atom. The molecule has 0 saturated carbocycles. The maximum absolute atomic E-state index is 11.8. The third kappa shape index (κ3) is 4.12. The highest BCUT2D eigenvalue weighted by Gasteiger charge is 2.23. The molecule has 0 bridgehead atoms. The zero-order valence-electron chi connectivity index (χ0n) is 17.6. The van der Waals surface area contributed by atoms with Crippen LogP contribution in [-0.4, -0.2) is 30.7 Å². The number of ether oxygens (including phenoxy) is 1. The molecule has 0 atom stereocenters. The molecule has 0 radical (unpaired) electrons. The van der Waals surface area contributed by atoms with E-state index in [-0.39, 0.29) is 0 Å². The average molecular weight is 407 g/mol. The predicted molar refractivity (Wildman–Crippen MR) is 119 cm³/mol. The zero-order chi connectivity index (χ0) is 21.0. The molecule has 0 amide bonds. The molecule has 30 heavy (non-hydrogen) atoms. The minimum atomic E-state index is -0.395. The molecule has 0 spiro atoms. The van der Waals surface area contributed by atoms with Crippen LogP contribution in [0.2, 0.25) is 0 Å². The molecular formula is C25H28NO4+. The van der Waals surface area contributed by atoms with Gasteiger partial charge in [-0.1, -0.05) is 30.3 Å². The predicted octanol–water partition coefficient (Wildman–Crippen LogP) is 5.36. The van der Waals surface area contributed by atoms with Gasteiger partial charge in [-0.2, -0.15) is 0 Å². The van der Waals surface area contributed by atoms with Crippen LogP contribution >= 0.6 is 0 Å². The van der Waals surface area contributed by atoms with Gasteiger partial charge in [-0.3, -0.25) is 0 Å². The quantitative estimate of drug-likeness (QED) is 0.213. The van der Waals surface area contributed by atoms with Crippen molar-refractivity contribution in [3.8, 4) is 5.75 Å². The van der Waals surface area contributed by atoms with E-state index >= 15 is 0 Å². The summed E-state index contributed by atoms with van der Waals surface area (Å²) in [4.78, 5) is 11.8. The van der Waals surface area contributed by atoms with Crippen LogP contribution < -0.4 is 10.4 Å². The van der Waals surface area contributed by atoms with Crippen LogP contribution in [0.3, 0.4) is 0 Å². The molecule has 4 aromatic rings. The largest absolute Gasteiger partial charge is 0.486 e. The van der Waals surface area contributed by atoms with E-state index < -0.39 is 5.63 Å². The lowest BCUT2D eigenvalue weighted by Crippen LogP contribution is -2.48. The minimum absolute atomic E-state index is 0.395. The van der Waals surface area contributed by atoms with Crippen molar-refractivity contribution < 1.29 is 18.1 Å². The van der Waals surface area contributed by atoms with Gasteiger partial charge in [0.2, 0.25) is 5.75 Å². The highest BCUT2D eigenvalue weighted by atomic mass is 16.5. The van der Waals surface area contributed by atoms with Gasteiger partial charge < -0.3 is 18.1 Å². The van der Waals surface area contributed by atoms with E-state index in [1.54, 1.807) is 12.3 Å². The highest BCUT2D eigenvalue weighted by Crippen LogP contribution is 2.35. The molecule has 4 rings (SSSR count). The van der Waals surface area contributed by atoms with Crippen molar-refractivity contribution in [2.45, 2.75) is 26.8 Å². The Hall–Kier alpha value is -3.05. The average Bonchev–Trinajstić information content (AvgIpc) is 3.24. The van der Waals surface area contributed by atoms with Crippen molar-refractivity contribution in [3.63, 3.8) is 0 Å². The van der Waals surface area contributed by atoms with Crippen molar-refractivity contribution in [1.82, 2.24) is 0 Å². The molecule has 0 aliphatic rings. The molecule has 0 aliphatic carbocycles. The van der Waals surface area contributed by atoms with Crippen LogP contribution in [0.25, 0.3) is 21.9 Å². The lowest BCUT2D eigenvalue weighted by molar-refractivity contribution is -0.938.